The molecule has 0 spiro atoms. The van der Waals surface area contributed by atoms with Gasteiger partial charge in [0.2, 0.25) is 0 Å². The number of allylic oxidation sites excluding steroid dienone is 2. The summed E-state index contributed by atoms with van der Waals surface area (Å²) in [5, 5.41) is 11.3. The maximum atomic E-state index is 9.85. The molecule has 0 saturated carbocycles. The molecule has 0 amide bonds. The molecule has 0 radical (unpaired) electrons. The maximum absolute atomic E-state index is 9.85. The van der Waals surface area contributed by atoms with E-state index in [1.54, 1.807) is 0 Å². The van der Waals surface area contributed by atoms with Crippen LogP contribution in [-0.4, -0.2) is 36.4 Å². The van der Waals surface area contributed by atoms with E-state index in [9.17, 15) is 5.21 Å². The lowest BCUT2D eigenvalue weighted by Crippen LogP contribution is -2.44. The Bertz CT molecular complexity index is 1210. The van der Waals surface area contributed by atoms with Gasteiger partial charge in [-0.25, -0.2) is 0 Å². The van der Waals surface area contributed by atoms with Crippen molar-refractivity contribution >= 4 is 17.3 Å². The predicted octanol–water partition coefficient (Wildman–Crippen LogP) is 6.69. The van der Waals surface area contributed by atoms with Crippen LogP contribution >= 0.6 is 0 Å². The van der Waals surface area contributed by atoms with Crippen molar-refractivity contribution < 1.29 is 5.21 Å². The third-order valence-electron chi connectivity index (χ3n) is 7.16. The molecule has 1 aliphatic heterocycles. The van der Waals surface area contributed by atoms with E-state index >= 15 is 0 Å². The summed E-state index contributed by atoms with van der Waals surface area (Å²) in [4.78, 5) is 2.40. The van der Waals surface area contributed by atoms with E-state index in [-0.39, 0.29) is 0 Å². The minimum Gasteiger partial charge on any atom is -0.369 e. The summed E-state index contributed by atoms with van der Waals surface area (Å²) in [7, 11) is 0. The van der Waals surface area contributed by atoms with E-state index in [0.717, 1.165) is 25.9 Å². The van der Waals surface area contributed by atoms with Crippen molar-refractivity contribution in [1.29, 1.82) is 0 Å². The minimum absolute atomic E-state index is 0.450. The topological polar surface area (TPSA) is 26.7 Å². The van der Waals surface area contributed by atoms with Crippen LogP contribution in [0.5, 0.6) is 0 Å². The molecule has 1 aliphatic carbocycles. The zero-order valence-corrected chi connectivity index (χ0v) is 20.3. The van der Waals surface area contributed by atoms with E-state index in [1.165, 1.54) is 55.3 Å². The van der Waals surface area contributed by atoms with Crippen LogP contribution in [0.1, 0.15) is 41.7 Å². The highest BCUT2D eigenvalue weighted by Gasteiger charge is 2.18. The molecule has 1 heterocycles. The Morgan fingerprint density at radius 3 is 2.44 bits per heavy atom. The summed E-state index contributed by atoms with van der Waals surface area (Å²) in [5.41, 5.74) is 11.6. The largest absolute Gasteiger partial charge is 0.369 e. The van der Waals surface area contributed by atoms with Gasteiger partial charge in [0.05, 0.1) is 0 Å². The second-order valence-corrected chi connectivity index (χ2v) is 9.87. The maximum Gasteiger partial charge on any atom is 0.0414 e. The van der Waals surface area contributed by atoms with E-state index < -0.39 is 0 Å². The van der Waals surface area contributed by atoms with Gasteiger partial charge in [0.15, 0.2) is 0 Å². The Morgan fingerprint density at radius 2 is 1.71 bits per heavy atom. The molecule has 3 nitrogen and oxygen atoms in total. The van der Waals surface area contributed by atoms with E-state index in [4.69, 9.17) is 0 Å². The van der Waals surface area contributed by atoms with Crippen LogP contribution in [0.25, 0.3) is 22.8 Å². The van der Waals surface area contributed by atoms with Gasteiger partial charge in [-0.3, -0.25) is 0 Å². The van der Waals surface area contributed by atoms with Gasteiger partial charge in [0.1, 0.15) is 0 Å². The summed E-state index contributed by atoms with van der Waals surface area (Å²) < 4.78 is 0. The molecule has 3 heteroatoms. The van der Waals surface area contributed by atoms with Gasteiger partial charge >= 0.3 is 0 Å². The Morgan fingerprint density at radius 1 is 0.941 bits per heavy atom. The van der Waals surface area contributed by atoms with Gasteiger partial charge in [-0.05, 0) is 75.4 Å². The molecule has 3 aromatic carbocycles. The number of hydroxylamine groups is 2. The molecule has 2 aliphatic rings. The SMILES string of the molecule is C=C(c1ccc(Cc2cc(-c3cccc4c3C=CC4)cc(N3CCN(O)CC3)c2)cc1)C(C)C. The fourth-order valence-electron chi connectivity index (χ4n) is 5.02. The number of benzene rings is 3. The third-order valence-corrected chi connectivity index (χ3v) is 7.16. The van der Waals surface area contributed by atoms with Gasteiger partial charge < -0.3 is 10.1 Å². The molecule has 1 N–H and O–H groups in total. The first-order chi connectivity index (χ1) is 16.5. The highest BCUT2D eigenvalue weighted by Crippen LogP contribution is 2.35. The molecule has 34 heavy (non-hydrogen) atoms. The molecule has 0 atom stereocenters. The fraction of sp³-hybridized carbons (Fsp3) is 0.290. The van der Waals surface area contributed by atoms with Crippen molar-refractivity contribution in [3.63, 3.8) is 0 Å². The van der Waals surface area contributed by atoms with Crippen LogP contribution in [0, 0.1) is 5.92 Å². The lowest BCUT2D eigenvalue weighted by atomic mass is 9.92. The van der Waals surface area contributed by atoms with Crippen molar-refractivity contribution in [2.24, 2.45) is 5.92 Å². The number of hydrogen-bond donors (Lipinski definition) is 1. The van der Waals surface area contributed by atoms with Gasteiger partial charge in [0.25, 0.3) is 0 Å². The van der Waals surface area contributed by atoms with Crippen LogP contribution in [0.15, 0.2) is 73.3 Å². The van der Waals surface area contributed by atoms with Crippen molar-refractivity contribution in [3.05, 3.63) is 101 Å². The lowest BCUT2D eigenvalue weighted by molar-refractivity contribution is -0.0935. The van der Waals surface area contributed by atoms with Gasteiger partial charge in [-0.15, -0.1) is 0 Å². The van der Waals surface area contributed by atoms with Gasteiger partial charge in [0, 0.05) is 31.9 Å². The molecular formula is C31H34N2O. The Balaban J connectivity index is 1.50. The average molecular weight is 451 g/mol. The number of nitrogens with zero attached hydrogens (tertiary/aromatic N) is 2. The molecule has 1 saturated heterocycles. The second-order valence-electron chi connectivity index (χ2n) is 9.87. The zero-order chi connectivity index (χ0) is 23.7. The smallest absolute Gasteiger partial charge is 0.0414 e. The first kappa shape index (κ1) is 22.6. The van der Waals surface area contributed by atoms with Gasteiger partial charge in [-0.2, -0.15) is 5.06 Å². The van der Waals surface area contributed by atoms with Crippen molar-refractivity contribution in [2.45, 2.75) is 26.7 Å². The van der Waals surface area contributed by atoms with Crippen molar-refractivity contribution in [3.8, 4) is 11.1 Å². The van der Waals surface area contributed by atoms with Gasteiger partial charge in [-0.1, -0.05) is 81.1 Å². The van der Waals surface area contributed by atoms with E-state index in [0.29, 0.717) is 19.0 Å². The number of fused-ring (bicyclic) bond motifs is 1. The number of rotatable bonds is 6. The minimum atomic E-state index is 0.450. The molecule has 0 bridgehead atoms. The molecule has 5 rings (SSSR count). The first-order valence-electron chi connectivity index (χ1n) is 12.4. The Hall–Kier alpha value is -3.14. The van der Waals surface area contributed by atoms with Crippen LogP contribution in [0.3, 0.4) is 0 Å². The molecule has 0 unspecified atom stereocenters. The molecule has 1 fully saturated rings. The third kappa shape index (κ3) is 4.72. The summed E-state index contributed by atoms with van der Waals surface area (Å²) in [6, 6.07) is 22.6. The van der Waals surface area contributed by atoms with Crippen LogP contribution < -0.4 is 4.90 Å². The van der Waals surface area contributed by atoms with Crippen LogP contribution in [-0.2, 0) is 12.8 Å². The quantitative estimate of drug-likeness (QED) is 0.453. The van der Waals surface area contributed by atoms with Crippen molar-refractivity contribution in [1.82, 2.24) is 5.06 Å². The Labute approximate surface area is 203 Å². The highest BCUT2D eigenvalue weighted by atomic mass is 16.5. The molecule has 0 aromatic heterocycles. The highest BCUT2D eigenvalue weighted by molar-refractivity contribution is 5.81. The van der Waals surface area contributed by atoms with Crippen LogP contribution in [0.2, 0.25) is 0 Å². The normalized spacial score (nSPS) is 15.7. The number of hydrogen-bond acceptors (Lipinski definition) is 3. The fourth-order valence-corrected chi connectivity index (χ4v) is 5.02. The summed E-state index contributed by atoms with van der Waals surface area (Å²) in [6.45, 7) is 11.6. The molecule has 3 aromatic rings. The summed E-state index contributed by atoms with van der Waals surface area (Å²) in [5.74, 6) is 0.450. The Kier molecular flexibility index (Phi) is 6.40. The summed E-state index contributed by atoms with van der Waals surface area (Å²) >= 11 is 0. The number of piperazine rings is 1. The predicted molar refractivity (Wildman–Crippen MR) is 143 cm³/mol. The average Bonchev–Trinajstić information content (AvgIpc) is 3.33. The molecular weight excluding hydrogens is 416 g/mol. The zero-order valence-electron chi connectivity index (χ0n) is 20.3. The summed E-state index contributed by atoms with van der Waals surface area (Å²) in [6.07, 6.45) is 6.43. The monoisotopic (exact) mass is 450 g/mol. The second kappa shape index (κ2) is 9.61. The lowest BCUT2D eigenvalue weighted by Gasteiger charge is -2.33. The van der Waals surface area contributed by atoms with E-state index in [1.807, 2.05) is 0 Å². The standard InChI is InChI=1S/C31H34N2O/c1-22(2)23(3)26-12-10-24(11-13-26)18-25-19-28(31-9-5-7-27-6-4-8-30(27)31)21-29(20-25)32-14-16-33(34)17-15-32/h4-5,7-13,19-22,34H,3,6,14-18H2,1-2H3. The van der Waals surface area contributed by atoms with Crippen LogP contribution in [0.4, 0.5) is 5.69 Å². The number of anilines is 1. The first-order valence-corrected chi connectivity index (χ1v) is 12.4. The van der Waals surface area contributed by atoms with E-state index in [2.05, 4.69) is 98.1 Å². The molecule has 174 valence electrons. The van der Waals surface area contributed by atoms with Crippen molar-refractivity contribution in [2.75, 3.05) is 31.1 Å².